The second kappa shape index (κ2) is 9.94. The van der Waals surface area contributed by atoms with E-state index in [1.807, 2.05) is 13.0 Å². The number of amides is 1. The molecule has 150 valence electrons. The van der Waals surface area contributed by atoms with Gasteiger partial charge in [0.1, 0.15) is 5.82 Å². The summed E-state index contributed by atoms with van der Waals surface area (Å²) in [5.41, 5.74) is 0.833. The Hall–Kier alpha value is -2.80. The highest BCUT2D eigenvalue weighted by atomic mass is 35.5. The molecule has 0 N–H and O–H groups in total. The van der Waals surface area contributed by atoms with Crippen LogP contribution in [-0.2, 0) is 16.1 Å². The van der Waals surface area contributed by atoms with E-state index >= 15 is 0 Å². The smallest absolute Gasteiger partial charge is 0.340 e. The molecule has 2 aromatic rings. The van der Waals surface area contributed by atoms with E-state index in [0.717, 1.165) is 17.7 Å². The van der Waals surface area contributed by atoms with Gasteiger partial charge in [-0.05, 0) is 42.8 Å². The molecule has 0 heterocycles. The van der Waals surface area contributed by atoms with Crippen LogP contribution >= 0.6 is 11.6 Å². The average Bonchev–Trinajstić information content (AvgIpc) is 2.69. The fraction of sp³-hybridized carbons (Fsp3) is 0.300. The molecule has 0 aromatic heterocycles. The first kappa shape index (κ1) is 21.5. The van der Waals surface area contributed by atoms with Gasteiger partial charge in [0.05, 0.1) is 24.8 Å². The highest BCUT2D eigenvalue weighted by Gasteiger charge is 2.18. The maximum absolute atomic E-state index is 13.1. The summed E-state index contributed by atoms with van der Waals surface area (Å²) in [5, 5.41) is -0.0740. The second-order valence-electron chi connectivity index (χ2n) is 5.80. The summed E-state index contributed by atoms with van der Waals surface area (Å²) >= 11 is 5.83. The number of nitrogens with zero attached hydrogens (tertiary/aromatic N) is 1. The fourth-order valence-electron chi connectivity index (χ4n) is 2.53. The minimum atomic E-state index is -0.791. The molecule has 0 aliphatic rings. The third-order valence-corrected chi connectivity index (χ3v) is 4.35. The molecule has 0 fully saturated rings. The van der Waals surface area contributed by atoms with E-state index in [0.29, 0.717) is 24.6 Å². The second-order valence-corrected chi connectivity index (χ2v) is 6.20. The number of rotatable bonds is 8. The summed E-state index contributed by atoms with van der Waals surface area (Å²) in [6.07, 6.45) is 0. The van der Waals surface area contributed by atoms with Crippen molar-refractivity contribution in [3.63, 3.8) is 0 Å². The van der Waals surface area contributed by atoms with Crippen LogP contribution in [0.4, 0.5) is 4.39 Å². The van der Waals surface area contributed by atoms with Gasteiger partial charge >= 0.3 is 5.97 Å². The summed E-state index contributed by atoms with van der Waals surface area (Å²) < 4.78 is 28.6. The predicted molar refractivity (Wildman–Crippen MR) is 102 cm³/mol. The van der Waals surface area contributed by atoms with Crippen molar-refractivity contribution in [1.29, 1.82) is 0 Å². The summed E-state index contributed by atoms with van der Waals surface area (Å²) in [6, 6.07) is 8.67. The Morgan fingerprint density at radius 3 is 2.39 bits per heavy atom. The van der Waals surface area contributed by atoms with Crippen LogP contribution in [0.1, 0.15) is 22.8 Å². The molecular formula is C20H21ClFNO5. The van der Waals surface area contributed by atoms with Gasteiger partial charge in [0.2, 0.25) is 0 Å². The van der Waals surface area contributed by atoms with Crippen molar-refractivity contribution in [3.05, 3.63) is 58.4 Å². The average molecular weight is 410 g/mol. The Labute approximate surface area is 167 Å². The van der Waals surface area contributed by atoms with Crippen molar-refractivity contribution in [2.75, 3.05) is 27.4 Å². The van der Waals surface area contributed by atoms with Crippen LogP contribution in [0.15, 0.2) is 36.4 Å². The fourth-order valence-corrected chi connectivity index (χ4v) is 2.77. The van der Waals surface area contributed by atoms with Crippen LogP contribution in [-0.4, -0.2) is 44.1 Å². The maximum atomic E-state index is 13.1. The molecular weight excluding hydrogens is 389 g/mol. The molecule has 6 nitrogen and oxygen atoms in total. The van der Waals surface area contributed by atoms with E-state index < -0.39 is 18.4 Å². The van der Waals surface area contributed by atoms with Crippen LogP contribution < -0.4 is 9.47 Å². The third-order valence-electron chi connectivity index (χ3n) is 4.03. The highest BCUT2D eigenvalue weighted by Crippen LogP contribution is 2.28. The maximum Gasteiger partial charge on any atom is 0.340 e. The molecule has 0 saturated carbocycles. The molecule has 0 spiro atoms. The number of halogens is 2. The molecule has 8 heteroatoms. The zero-order valence-corrected chi connectivity index (χ0v) is 16.6. The Morgan fingerprint density at radius 1 is 1.07 bits per heavy atom. The molecule has 0 radical (unpaired) electrons. The Kier molecular flexibility index (Phi) is 7.63. The van der Waals surface area contributed by atoms with E-state index in [9.17, 15) is 14.0 Å². The van der Waals surface area contributed by atoms with Crippen LogP contribution in [0.2, 0.25) is 5.02 Å². The van der Waals surface area contributed by atoms with Crippen molar-refractivity contribution in [3.8, 4) is 11.5 Å². The number of carbonyl (C=O) groups excluding carboxylic acids is 2. The molecule has 0 bridgehead atoms. The Bertz CT molecular complexity index is 858. The van der Waals surface area contributed by atoms with E-state index in [-0.39, 0.29) is 16.5 Å². The first-order valence-electron chi connectivity index (χ1n) is 8.50. The zero-order valence-electron chi connectivity index (χ0n) is 15.8. The lowest BCUT2D eigenvalue weighted by atomic mass is 10.2. The zero-order chi connectivity index (χ0) is 20.7. The van der Waals surface area contributed by atoms with Crippen LogP contribution in [0.25, 0.3) is 0 Å². The molecule has 0 aliphatic heterocycles. The van der Waals surface area contributed by atoms with Gasteiger partial charge in [0, 0.05) is 13.1 Å². The largest absolute Gasteiger partial charge is 0.493 e. The molecule has 0 aliphatic carbocycles. The van der Waals surface area contributed by atoms with Gasteiger partial charge in [0.15, 0.2) is 18.1 Å². The van der Waals surface area contributed by atoms with E-state index in [2.05, 4.69) is 0 Å². The van der Waals surface area contributed by atoms with Gasteiger partial charge < -0.3 is 19.1 Å². The molecule has 28 heavy (non-hydrogen) atoms. The van der Waals surface area contributed by atoms with Crippen molar-refractivity contribution >= 4 is 23.5 Å². The van der Waals surface area contributed by atoms with Crippen molar-refractivity contribution in [1.82, 2.24) is 4.90 Å². The molecule has 2 aromatic carbocycles. The molecule has 1 amide bonds. The lowest BCUT2D eigenvalue weighted by Crippen LogP contribution is -2.34. The predicted octanol–water partition coefficient (Wildman–Crippen LogP) is 3.70. The summed E-state index contributed by atoms with van der Waals surface area (Å²) in [7, 11) is 3.07. The number of hydrogen-bond donors (Lipinski definition) is 0. The van der Waals surface area contributed by atoms with Gasteiger partial charge in [-0.1, -0.05) is 17.7 Å². The van der Waals surface area contributed by atoms with Crippen LogP contribution in [0.3, 0.4) is 0 Å². The van der Waals surface area contributed by atoms with Gasteiger partial charge in [-0.2, -0.15) is 0 Å². The molecule has 0 saturated heterocycles. The molecule has 0 unspecified atom stereocenters. The number of carbonyl (C=O) groups is 2. The van der Waals surface area contributed by atoms with Crippen LogP contribution in [0, 0.1) is 5.82 Å². The Balaban J connectivity index is 2.00. The van der Waals surface area contributed by atoms with Gasteiger partial charge in [-0.25, -0.2) is 9.18 Å². The first-order chi connectivity index (χ1) is 13.4. The lowest BCUT2D eigenvalue weighted by molar-refractivity contribution is -0.134. The standard InChI is InChI=1S/C20H21ClFNO5/c1-4-23(11-13-5-8-17(26-2)18(9-13)27-3)19(24)12-28-20(25)15-7-6-14(22)10-16(15)21/h5-10H,4,11-12H2,1-3H3. The number of methoxy groups -OCH3 is 2. The lowest BCUT2D eigenvalue weighted by Gasteiger charge is -2.21. The highest BCUT2D eigenvalue weighted by molar-refractivity contribution is 6.33. The summed E-state index contributed by atoms with van der Waals surface area (Å²) in [6.45, 7) is 2.09. The number of likely N-dealkylation sites (N-methyl/N-ethyl adjacent to an activating group) is 1. The van der Waals surface area contributed by atoms with Crippen LogP contribution in [0.5, 0.6) is 11.5 Å². The van der Waals surface area contributed by atoms with Crippen molar-refractivity contribution in [2.24, 2.45) is 0 Å². The normalized spacial score (nSPS) is 10.3. The monoisotopic (exact) mass is 409 g/mol. The Morgan fingerprint density at radius 2 is 1.79 bits per heavy atom. The minimum Gasteiger partial charge on any atom is -0.493 e. The number of hydrogen-bond acceptors (Lipinski definition) is 5. The number of benzene rings is 2. The molecule has 0 atom stereocenters. The summed E-state index contributed by atoms with van der Waals surface area (Å²) in [4.78, 5) is 26.0. The number of esters is 1. The first-order valence-corrected chi connectivity index (χ1v) is 8.88. The van der Waals surface area contributed by atoms with E-state index in [1.54, 1.807) is 19.2 Å². The van der Waals surface area contributed by atoms with Gasteiger partial charge in [0.25, 0.3) is 5.91 Å². The van der Waals surface area contributed by atoms with Gasteiger partial charge in [-0.3, -0.25) is 4.79 Å². The van der Waals surface area contributed by atoms with Crippen molar-refractivity contribution < 1.29 is 28.2 Å². The molecule has 2 rings (SSSR count). The third kappa shape index (κ3) is 5.36. The topological polar surface area (TPSA) is 65.1 Å². The quantitative estimate of drug-likeness (QED) is 0.622. The van der Waals surface area contributed by atoms with E-state index in [1.165, 1.54) is 18.1 Å². The minimum absolute atomic E-state index is 0.00111. The number of ether oxygens (including phenoxy) is 3. The van der Waals surface area contributed by atoms with E-state index in [4.69, 9.17) is 25.8 Å². The SMILES string of the molecule is CCN(Cc1ccc(OC)c(OC)c1)C(=O)COC(=O)c1ccc(F)cc1Cl. The van der Waals surface area contributed by atoms with Gasteiger partial charge in [-0.15, -0.1) is 0 Å². The van der Waals surface area contributed by atoms with Crippen molar-refractivity contribution in [2.45, 2.75) is 13.5 Å². The summed E-state index contributed by atoms with van der Waals surface area (Å²) in [5.74, 6) is -0.583.